The molecule has 3 N–H and O–H groups in total. The molecular weight excluding hydrogens is 316 g/mol. The molecule has 3 aromatic rings. The van der Waals surface area contributed by atoms with Gasteiger partial charge in [-0.2, -0.15) is 5.10 Å². The Hall–Kier alpha value is -3.60. The van der Waals surface area contributed by atoms with Crippen LogP contribution in [0.5, 0.6) is 11.5 Å². The van der Waals surface area contributed by atoms with Gasteiger partial charge < -0.3 is 10.2 Å². The van der Waals surface area contributed by atoms with Crippen molar-refractivity contribution in [3.8, 4) is 22.6 Å². The summed E-state index contributed by atoms with van der Waals surface area (Å²) in [6.45, 7) is 0. The molecule has 0 heterocycles. The van der Waals surface area contributed by atoms with E-state index in [1.54, 1.807) is 18.2 Å². The van der Waals surface area contributed by atoms with Gasteiger partial charge in [-0.25, -0.2) is 5.43 Å². The molecule has 3 aromatic carbocycles. The summed E-state index contributed by atoms with van der Waals surface area (Å²) < 4.78 is 0. The van der Waals surface area contributed by atoms with E-state index in [4.69, 9.17) is 0 Å². The van der Waals surface area contributed by atoms with Gasteiger partial charge in [-0.3, -0.25) is 4.79 Å². The summed E-state index contributed by atoms with van der Waals surface area (Å²) >= 11 is 0. The minimum absolute atomic E-state index is 0.209. The van der Waals surface area contributed by atoms with Crippen LogP contribution in [0.25, 0.3) is 11.1 Å². The van der Waals surface area contributed by atoms with E-state index in [0.29, 0.717) is 11.1 Å². The lowest BCUT2D eigenvalue weighted by Gasteiger charge is -2.04. The number of phenols is 2. The maximum atomic E-state index is 12.1. The summed E-state index contributed by atoms with van der Waals surface area (Å²) in [6.07, 6.45) is 1.38. The number of carbonyl (C=O) groups is 1. The molecule has 0 fully saturated rings. The first kappa shape index (κ1) is 16.3. The first-order chi connectivity index (χ1) is 12.1. The molecule has 0 radical (unpaired) electrons. The monoisotopic (exact) mass is 332 g/mol. The standard InChI is InChI=1S/C20H16N2O3/c23-18-11-6-14(12-19(18)24)13-21-22-20(25)17-9-7-16(8-10-17)15-4-2-1-3-5-15/h1-13,23-24H,(H,22,25)/b21-13+. The molecule has 0 bridgehead atoms. The number of hydrogen-bond donors (Lipinski definition) is 3. The van der Waals surface area contributed by atoms with Gasteiger partial charge in [0.2, 0.25) is 0 Å². The van der Waals surface area contributed by atoms with Crippen LogP contribution in [-0.2, 0) is 0 Å². The van der Waals surface area contributed by atoms with E-state index in [9.17, 15) is 15.0 Å². The molecule has 0 aliphatic carbocycles. The molecule has 0 saturated carbocycles. The molecule has 0 saturated heterocycles. The van der Waals surface area contributed by atoms with E-state index in [0.717, 1.165) is 11.1 Å². The minimum Gasteiger partial charge on any atom is -0.504 e. The van der Waals surface area contributed by atoms with Crippen molar-refractivity contribution < 1.29 is 15.0 Å². The number of phenolic OH excluding ortho intramolecular Hbond substituents is 2. The lowest BCUT2D eigenvalue weighted by atomic mass is 10.0. The van der Waals surface area contributed by atoms with Gasteiger partial charge in [0.15, 0.2) is 11.5 Å². The summed E-state index contributed by atoms with van der Waals surface area (Å²) in [4.78, 5) is 12.1. The Kier molecular flexibility index (Phi) is 4.76. The number of aromatic hydroxyl groups is 2. The molecule has 0 atom stereocenters. The van der Waals surface area contributed by atoms with Crippen molar-refractivity contribution in [3.63, 3.8) is 0 Å². The zero-order chi connectivity index (χ0) is 17.6. The normalized spacial score (nSPS) is 10.7. The maximum Gasteiger partial charge on any atom is 0.271 e. The molecule has 25 heavy (non-hydrogen) atoms. The highest BCUT2D eigenvalue weighted by Gasteiger charge is 2.05. The highest BCUT2D eigenvalue weighted by molar-refractivity contribution is 5.95. The number of benzene rings is 3. The topological polar surface area (TPSA) is 81.9 Å². The van der Waals surface area contributed by atoms with Crippen LogP contribution in [0.4, 0.5) is 0 Å². The highest BCUT2D eigenvalue weighted by atomic mass is 16.3. The van der Waals surface area contributed by atoms with Gasteiger partial charge in [0, 0.05) is 5.56 Å². The Bertz CT molecular complexity index is 904. The molecular formula is C20H16N2O3. The summed E-state index contributed by atoms with van der Waals surface area (Å²) in [7, 11) is 0. The van der Waals surface area contributed by atoms with Gasteiger partial charge >= 0.3 is 0 Å². The predicted molar refractivity (Wildman–Crippen MR) is 96.7 cm³/mol. The van der Waals surface area contributed by atoms with Gasteiger partial charge in [0.05, 0.1) is 6.21 Å². The molecule has 0 aliphatic rings. The van der Waals surface area contributed by atoms with Gasteiger partial charge in [0.25, 0.3) is 5.91 Å². The minimum atomic E-state index is -0.334. The van der Waals surface area contributed by atoms with Crippen molar-refractivity contribution in [2.24, 2.45) is 5.10 Å². The second-order valence-electron chi connectivity index (χ2n) is 5.39. The molecule has 0 aromatic heterocycles. The third-order valence-corrected chi connectivity index (χ3v) is 3.63. The van der Waals surface area contributed by atoms with E-state index in [1.807, 2.05) is 42.5 Å². The molecule has 124 valence electrons. The van der Waals surface area contributed by atoms with E-state index in [1.165, 1.54) is 18.3 Å². The molecule has 5 nitrogen and oxygen atoms in total. The highest BCUT2D eigenvalue weighted by Crippen LogP contribution is 2.24. The molecule has 0 spiro atoms. The lowest BCUT2D eigenvalue weighted by Crippen LogP contribution is -2.17. The third-order valence-electron chi connectivity index (χ3n) is 3.63. The van der Waals surface area contributed by atoms with Crippen LogP contribution in [-0.4, -0.2) is 22.3 Å². The zero-order valence-electron chi connectivity index (χ0n) is 13.3. The Morgan fingerprint density at radius 2 is 1.52 bits per heavy atom. The van der Waals surface area contributed by atoms with Crippen LogP contribution >= 0.6 is 0 Å². The first-order valence-electron chi connectivity index (χ1n) is 7.64. The van der Waals surface area contributed by atoms with Crippen LogP contribution in [0.15, 0.2) is 77.9 Å². The summed E-state index contributed by atoms with van der Waals surface area (Å²) in [5.41, 5.74) is 5.58. The van der Waals surface area contributed by atoms with Crippen LogP contribution in [0.2, 0.25) is 0 Å². The third kappa shape index (κ3) is 4.03. The van der Waals surface area contributed by atoms with E-state index >= 15 is 0 Å². The molecule has 5 heteroatoms. The van der Waals surface area contributed by atoms with Gasteiger partial charge in [-0.15, -0.1) is 0 Å². The Morgan fingerprint density at radius 3 is 2.20 bits per heavy atom. The van der Waals surface area contributed by atoms with Crippen molar-refractivity contribution in [1.29, 1.82) is 0 Å². The number of hydrazone groups is 1. The van der Waals surface area contributed by atoms with Crippen LogP contribution < -0.4 is 5.43 Å². The van der Waals surface area contributed by atoms with E-state index in [-0.39, 0.29) is 17.4 Å². The molecule has 0 aliphatic heterocycles. The average molecular weight is 332 g/mol. The Morgan fingerprint density at radius 1 is 0.840 bits per heavy atom. The van der Waals surface area contributed by atoms with Crippen LogP contribution in [0.1, 0.15) is 15.9 Å². The molecule has 3 rings (SSSR count). The summed E-state index contributed by atoms with van der Waals surface area (Å²) in [6, 6.07) is 21.4. The first-order valence-corrected chi connectivity index (χ1v) is 7.64. The molecule has 0 unspecified atom stereocenters. The quantitative estimate of drug-likeness (QED) is 0.388. The van der Waals surface area contributed by atoms with Crippen molar-refractivity contribution in [2.75, 3.05) is 0 Å². The number of carbonyl (C=O) groups excluding carboxylic acids is 1. The van der Waals surface area contributed by atoms with Crippen molar-refractivity contribution in [3.05, 3.63) is 83.9 Å². The fourth-order valence-electron chi connectivity index (χ4n) is 2.30. The van der Waals surface area contributed by atoms with Crippen molar-refractivity contribution in [2.45, 2.75) is 0 Å². The van der Waals surface area contributed by atoms with E-state index in [2.05, 4.69) is 10.5 Å². The SMILES string of the molecule is O=C(N/N=C/c1ccc(O)c(O)c1)c1ccc(-c2ccccc2)cc1. The second-order valence-corrected chi connectivity index (χ2v) is 5.39. The van der Waals surface area contributed by atoms with Gasteiger partial charge in [0.1, 0.15) is 0 Å². The number of hydrogen-bond acceptors (Lipinski definition) is 4. The van der Waals surface area contributed by atoms with Gasteiger partial charge in [-0.1, -0.05) is 42.5 Å². The fourth-order valence-corrected chi connectivity index (χ4v) is 2.30. The van der Waals surface area contributed by atoms with E-state index < -0.39 is 0 Å². The van der Waals surface area contributed by atoms with Crippen molar-refractivity contribution >= 4 is 12.1 Å². The number of nitrogens with zero attached hydrogens (tertiary/aromatic N) is 1. The second kappa shape index (κ2) is 7.31. The van der Waals surface area contributed by atoms with Crippen molar-refractivity contribution in [1.82, 2.24) is 5.43 Å². The van der Waals surface area contributed by atoms with Crippen LogP contribution in [0.3, 0.4) is 0 Å². The zero-order valence-corrected chi connectivity index (χ0v) is 13.3. The summed E-state index contributed by atoms with van der Waals surface area (Å²) in [5.74, 6) is -0.787. The maximum absolute atomic E-state index is 12.1. The molecule has 1 amide bonds. The smallest absolute Gasteiger partial charge is 0.271 e. The fraction of sp³-hybridized carbons (Fsp3) is 0. The predicted octanol–water partition coefficient (Wildman–Crippen LogP) is 3.53. The number of rotatable bonds is 4. The summed E-state index contributed by atoms with van der Waals surface area (Å²) in [5, 5.41) is 22.5. The lowest BCUT2D eigenvalue weighted by molar-refractivity contribution is 0.0955. The Balaban J connectivity index is 1.65. The van der Waals surface area contributed by atoms with Crippen LogP contribution in [0, 0.1) is 0 Å². The average Bonchev–Trinajstić information content (AvgIpc) is 2.65. The van der Waals surface area contributed by atoms with Gasteiger partial charge in [-0.05, 0) is 47.0 Å². The number of nitrogens with one attached hydrogen (secondary N) is 1. The largest absolute Gasteiger partial charge is 0.504 e. The number of amides is 1. The Labute approximate surface area is 144 Å².